The molecule has 1 aliphatic rings. The molecule has 1 aliphatic heterocycles. The first-order chi connectivity index (χ1) is 13.2. The van der Waals surface area contributed by atoms with Crippen molar-refractivity contribution in [2.24, 2.45) is 0 Å². The SMILES string of the molecule is O=C(Cn1ccc(=O)[nH]c1=O)Nc1cc(C(F)(F)F)ccc1N1CCCCC1. The van der Waals surface area contributed by atoms with Gasteiger partial charge in [-0.3, -0.25) is 19.1 Å². The van der Waals surface area contributed by atoms with Gasteiger partial charge in [0.25, 0.3) is 5.56 Å². The van der Waals surface area contributed by atoms with E-state index in [0.717, 1.165) is 48.2 Å². The average Bonchev–Trinajstić information content (AvgIpc) is 2.64. The molecule has 0 bridgehead atoms. The first-order valence-corrected chi connectivity index (χ1v) is 8.80. The molecule has 150 valence electrons. The molecule has 0 saturated carbocycles. The molecule has 0 radical (unpaired) electrons. The molecule has 28 heavy (non-hydrogen) atoms. The van der Waals surface area contributed by atoms with Crippen molar-refractivity contribution in [3.05, 3.63) is 56.9 Å². The molecule has 1 aromatic carbocycles. The largest absolute Gasteiger partial charge is 0.416 e. The normalized spacial score (nSPS) is 14.8. The molecule has 0 unspecified atom stereocenters. The van der Waals surface area contributed by atoms with E-state index in [1.807, 2.05) is 9.88 Å². The Hall–Kier alpha value is -3.04. The van der Waals surface area contributed by atoms with Crippen LogP contribution in [-0.2, 0) is 17.5 Å². The molecule has 1 amide bonds. The predicted molar refractivity (Wildman–Crippen MR) is 97.5 cm³/mol. The lowest BCUT2D eigenvalue weighted by atomic mass is 10.1. The molecule has 2 aromatic rings. The van der Waals surface area contributed by atoms with Crippen LogP contribution in [0.1, 0.15) is 24.8 Å². The summed E-state index contributed by atoms with van der Waals surface area (Å²) in [4.78, 5) is 39.1. The Kier molecular flexibility index (Phi) is 5.57. The van der Waals surface area contributed by atoms with Crippen molar-refractivity contribution in [3.63, 3.8) is 0 Å². The van der Waals surface area contributed by atoms with Gasteiger partial charge in [0.1, 0.15) is 6.54 Å². The lowest BCUT2D eigenvalue weighted by molar-refractivity contribution is -0.137. The second-order valence-corrected chi connectivity index (χ2v) is 6.56. The predicted octanol–water partition coefficient (Wildman–Crippen LogP) is 2.18. The van der Waals surface area contributed by atoms with Gasteiger partial charge in [-0.1, -0.05) is 0 Å². The van der Waals surface area contributed by atoms with Crippen molar-refractivity contribution in [2.75, 3.05) is 23.3 Å². The highest BCUT2D eigenvalue weighted by molar-refractivity contribution is 5.94. The fourth-order valence-electron chi connectivity index (χ4n) is 3.14. The molecule has 7 nitrogen and oxygen atoms in total. The van der Waals surface area contributed by atoms with Crippen LogP contribution < -0.4 is 21.5 Å². The number of anilines is 2. The van der Waals surface area contributed by atoms with Gasteiger partial charge in [0.2, 0.25) is 5.91 Å². The first kappa shape index (κ1) is 19.7. The van der Waals surface area contributed by atoms with E-state index in [1.54, 1.807) is 0 Å². The Bertz CT molecular complexity index is 975. The van der Waals surface area contributed by atoms with Crippen molar-refractivity contribution in [1.29, 1.82) is 0 Å². The molecule has 1 aromatic heterocycles. The summed E-state index contributed by atoms with van der Waals surface area (Å²) >= 11 is 0. The van der Waals surface area contributed by atoms with Crippen molar-refractivity contribution in [2.45, 2.75) is 32.0 Å². The van der Waals surface area contributed by atoms with E-state index < -0.39 is 35.4 Å². The summed E-state index contributed by atoms with van der Waals surface area (Å²) in [6.45, 7) is 0.937. The minimum absolute atomic E-state index is 0.0409. The third-order valence-corrected chi connectivity index (χ3v) is 4.51. The Labute approximate surface area is 157 Å². The molecule has 0 spiro atoms. The van der Waals surface area contributed by atoms with Gasteiger partial charge in [-0.25, -0.2) is 4.79 Å². The molecular formula is C18H19F3N4O3. The number of amides is 1. The lowest BCUT2D eigenvalue weighted by Gasteiger charge is -2.31. The van der Waals surface area contributed by atoms with Crippen LogP contribution in [0.2, 0.25) is 0 Å². The molecule has 3 rings (SSSR count). The van der Waals surface area contributed by atoms with Crippen molar-refractivity contribution in [1.82, 2.24) is 9.55 Å². The summed E-state index contributed by atoms with van der Waals surface area (Å²) in [5.74, 6) is -0.674. The van der Waals surface area contributed by atoms with Gasteiger partial charge in [-0.15, -0.1) is 0 Å². The minimum Gasteiger partial charge on any atom is -0.370 e. The van der Waals surface area contributed by atoms with Crippen LogP contribution >= 0.6 is 0 Å². The quantitative estimate of drug-likeness (QED) is 0.830. The fraction of sp³-hybridized carbons (Fsp3) is 0.389. The number of benzene rings is 1. The standard InChI is InChI=1S/C18H19F3N4O3/c19-18(20,21)12-4-5-14(24-7-2-1-3-8-24)13(10-12)22-16(27)11-25-9-6-15(26)23-17(25)28/h4-6,9-10H,1-3,7-8,11H2,(H,22,27)(H,23,26,28). The van der Waals surface area contributed by atoms with Gasteiger partial charge in [0.05, 0.1) is 16.9 Å². The van der Waals surface area contributed by atoms with Gasteiger partial charge in [0, 0.05) is 25.4 Å². The molecule has 0 atom stereocenters. The second-order valence-electron chi connectivity index (χ2n) is 6.56. The smallest absolute Gasteiger partial charge is 0.370 e. The number of aromatic amines is 1. The molecule has 0 aliphatic carbocycles. The Morgan fingerprint density at radius 2 is 1.82 bits per heavy atom. The summed E-state index contributed by atoms with van der Waals surface area (Å²) in [7, 11) is 0. The highest BCUT2D eigenvalue weighted by Gasteiger charge is 2.31. The number of alkyl halides is 3. The van der Waals surface area contributed by atoms with Crippen molar-refractivity contribution < 1.29 is 18.0 Å². The highest BCUT2D eigenvalue weighted by Crippen LogP contribution is 2.36. The summed E-state index contributed by atoms with van der Waals surface area (Å²) in [6, 6.07) is 4.33. The second kappa shape index (κ2) is 7.91. The maximum Gasteiger partial charge on any atom is 0.416 e. The first-order valence-electron chi connectivity index (χ1n) is 8.80. The molecule has 2 N–H and O–H groups in total. The fourth-order valence-corrected chi connectivity index (χ4v) is 3.14. The van der Waals surface area contributed by atoms with E-state index in [4.69, 9.17) is 0 Å². The minimum atomic E-state index is -4.55. The summed E-state index contributed by atoms with van der Waals surface area (Å²) in [5.41, 5.74) is -1.70. The Morgan fingerprint density at radius 3 is 2.46 bits per heavy atom. The van der Waals surface area contributed by atoms with Gasteiger partial charge in [-0.2, -0.15) is 13.2 Å². The monoisotopic (exact) mass is 396 g/mol. The van der Waals surface area contributed by atoms with Gasteiger partial charge in [-0.05, 0) is 37.5 Å². The van der Waals surface area contributed by atoms with Crippen LogP contribution in [0.3, 0.4) is 0 Å². The zero-order valence-corrected chi connectivity index (χ0v) is 14.9. The maximum atomic E-state index is 13.1. The number of carbonyl (C=O) groups excluding carboxylic acids is 1. The van der Waals surface area contributed by atoms with E-state index in [2.05, 4.69) is 5.32 Å². The Morgan fingerprint density at radius 1 is 1.11 bits per heavy atom. The number of halogens is 3. The van der Waals surface area contributed by atoms with Crippen molar-refractivity contribution >= 4 is 17.3 Å². The topological polar surface area (TPSA) is 87.2 Å². The average molecular weight is 396 g/mol. The van der Waals surface area contributed by atoms with Crippen LogP contribution in [0.5, 0.6) is 0 Å². The van der Waals surface area contributed by atoms with Crippen LogP contribution in [0.4, 0.5) is 24.5 Å². The zero-order chi connectivity index (χ0) is 20.3. The van der Waals surface area contributed by atoms with Crippen LogP contribution in [0, 0.1) is 0 Å². The molecule has 10 heteroatoms. The number of H-pyrrole nitrogens is 1. The molecular weight excluding hydrogens is 377 g/mol. The van der Waals surface area contributed by atoms with E-state index in [1.165, 1.54) is 6.07 Å². The molecule has 1 saturated heterocycles. The highest BCUT2D eigenvalue weighted by atomic mass is 19.4. The van der Waals surface area contributed by atoms with Crippen LogP contribution in [0.25, 0.3) is 0 Å². The number of carbonyl (C=O) groups is 1. The zero-order valence-electron chi connectivity index (χ0n) is 14.9. The van der Waals surface area contributed by atoms with Crippen molar-refractivity contribution in [3.8, 4) is 0 Å². The summed E-state index contributed by atoms with van der Waals surface area (Å²) in [5, 5.41) is 2.48. The number of aromatic nitrogens is 2. The van der Waals surface area contributed by atoms with Gasteiger partial charge in [0.15, 0.2) is 0 Å². The van der Waals surface area contributed by atoms with Crippen LogP contribution in [-0.4, -0.2) is 28.5 Å². The molecule has 2 heterocycles. The number of piperidine rings is 1. The number of rotatable bonds is 4. The van der Waals surface area contributed by atoms with E-state index in [9.17, 15) is 27.6 Å². The number of hydrogen-bond donors (Lipinski definition) is 2. The summed E-state index contributed by atoms with van der Waals surface area (Å²) < 4.78 is 40.3. The number of nitrogens with one attached hydrogen (secondary N) is 2. The maximum absolute atomic E-state index is 13.1. The summed E-state index contributed by atoms with van der Waals surface area (Å²) in [6.07, 6.45) is -0.509. The number of nitrogens with zero attached hydrogens (tertiary/aromatic N) is 2. The molecule has 1 fully saturated rings. The number of hydrogen-bond acceptors (Lipinski definition) is 4. The van der Waals surface area contributed by atoms with Gasteiger partial charge < -0.3 is 10.2 Å². The van der Waals surface area contributed by atoms with E-state index in [-0.39, 0.29) is 5.69 Å². The third kappa shape index (κ3) is 4.62. The van der Waals surface area contributed by atoms with Crippen LogP contribution in [0.15, 0.2) is 40.1 Å². The third-order valence-electron chi connectivity index (χ3n) is 4.51. The Balaban J connectivity index is 1.87. The van der Waals surface area contributed by atoms with Gasteiger partial charge >= 0.3 is 11.9 Å². The van der Waals surface area contributed by atoms with E-state index >= 15 is 0 Å². The lowest BCUT2D eigenvalue weighted by Crippen LogP contribution is -2.33. The van der Waals surface area contributed by atoms with E-state index in [0.29, 0.717) is 18.8 Å².